The van der Waals surface area contributed by atoms with Crippen LogP contribution in [0.25, 0.3) is 11.1 Å². The van der Waals surface area contributed by atoms with E-state index in [-0.39, 0.29) is 18.4 Å². The van der Waals surface area contributed by atoms with Gasteiger partial charge < -0.3 is 16.2 Å². The highest BCUT2D eigenvalue weighted by Crippen LogP contribution is 2.40. The van der Waals surface area contributed by atoms with E-state index < -0.39 is 17.8 Å². The number of carbonyl (C=O) groups excluding carboxylic acids is 2. The molecule has 25 heavy (non-hydrogen) atoms. The van der Waals surface area contributed by atoms with Crippen molar-refractivity contribution in [3.8, 4) is 11.1 Å². The maximum absolute atomic E-state index is 12.0. The minimum Gasteiger partial charge on any atom is -0.481 e. The summed E-state index contributed by atoms with van der Waals surface area (Å²) in [5.41, 5.74) is 9.60. The number of nitrogens with two attached hydrogens (primary N) is 1. The van der Waals surface area contributed by atoms with Crippen LogP contribution in [0.3, 0.4) is 0 Å². The molecule has 0 unspecified atom stereocenters. The molecular formula is C18H20N2O4S. The zero-order valence-corrected chi connectivity index (χ0v) is 15.1. The van der Waals surface area contributed by atoms with Crippen LogP contribution >= 0.6 is 11.3 Å². The number of hydrogen-bond donors (Lipinski definition) is 3. The molecule has 0 aliphatic carbocycles. The number of carboxylic acids is 1. The Hall–Kier alpha value is -2.67. The van der Waals surface area contributed by atoms with Crippen molar-refractivity contribution in [1.82, 2.24) is 0 Å². The fraction of sp³-hybridized carbons (Fsp3) is 0.278. The number of hydrogen-bond acceptors (Lipinski definition) is 4. The van der Waals surface area contributed by atoms with Crippen molar-refractivity contribution < 1.29 is 19.5 Å². The third-order valence-corrected chi connectivity index (χ3v) is 4.97. The average molecular weight is 360 g/mol. The minimum atomic E-state index is -1.05. The molecule has 1 heterocycles. The summed E-state index contributed by atoms with van der Waals surface area (Å²) in [6.07, 6.45) is -0.435. The van der Waals surface area contributed by atoms with Gasteiger partial charge in [0.15, 0.2) is 0 Å². The van der Waals surface area contributed by atoms with Gasteiger partial charge in [-0.1, -0.05) is 18.2 Å². The summed E-state index contributed by atoms with van der Waals surface area (Å²) in [5.74, 6) is -2.15. The first-order chi connectivity index (χ1) is 11.7. The maximum atomic E-state index is 12.0. The highest BCUT2D eigenvalue weighted by molar-refractivity contribution is 7.17. The molecule has 0 bridgehead atoms. The lowest BCUT2D eigenvalue weighted by Gasteiger charge is -2.08. The molecule has 1 aromatic heterocycles. The Balaban J connectivity index is 2.43. The first kappa shape index (κ1) is 18.7. The lowest BCUT2D eigenvalue weighted by Crippen LogP contribution is -2.17. The molecule has 0 spiro atoms. The Morgan fingerprint density at radius 2 is 1.80 bits per heavy atom. The van der Waals surface area contributed by atoms with E-state index in [2.05, 4.69) is 5.32 Å². The number of carboxylic acid groups (broad SMARTS) is 1. The first-order valence-electron chi connectivity index (χ1n) is 7.73. The van der Waals surface area contributed by atoms with Gasteiger partial charge in [-0.3, -0.25) is 14.4 Å². The highest BCUT2D eigenvalue weighted by Gasteiger charge is 2.23. The van der Waals surface area contributed by atoms with Gasteiger partial charge in [0.1, 0.15) is 5.00 Å². The minimum absolute atomic E-state index is 0.163. The van der Waals surface area contributed by atoms with Gasteiger partial charge in [0.25, 0.3) is 5.91 Å². The van der Waals surface area contributed by atoms with E-state index in [1.54, 1.807) is 0 Å². The van der Waals surface area contributed by atoms with Gasteiger partial charge in [-0.25, -0.2) is 0 Å². The molecule has 0 aliphatic rings. The van der Waals surface area contributed by atoms with Gasteiger partial charge in [0, 0.05) is 16.9 Å². The van der Waals surface area contributed by atoms with Crippen LogP contribution in [0.2, 0.25) is 0 Å². The molecule has 4 N–H and O–H groups in total. The van der Waals surface area contributed by atoms with Crippen molar-refractivity contribution in [3.05, 3.63) is 39.8 Å². The SMILES string of the molecule is Cc1ccc(-c2c(C)sc(NC(=O)CCC(=O)O)c2C(N)=O)cc1C. The van der Waals surface area contributed by atoms with Crippen molar-refractivity contribution in [2.24, 2.45) is 5.73 Å². The Bertz CT molecular complexity index is 855. The van der Waals surface area contributed by atoms with E-state index in [0.717, 1.165) is 21.6 Å². The van der Waals surface area contributed by atoms with Crippen LogP contribution in [0, 0.1) is 20.8 Å². The quantitative estimate of drug-likeness (QED) is 0.734. The second kappa shape index (κ2) is 7.48. The second-order valence-corrected chi connectivity index (χ2v) is 7.07. The van der Waals surface area contributed by atoms with Gasteiger partial charge in [-0.15, -0.1) is 11.3 Å². The summed E-state index contributed by atoms with van der Waals surface area (Å²) in [6, 6.07) is 5.87. The lowest BCUT2D eigenvalue weighted by molar-refractivity contribution is -0.138. The zero-order chi connectivity index (χ0) is 18.7. The number of anilines is 1. The van der Waals surface area contributed by atoms with Crippen LogP contribution in [0.15, 0.2) is 18.2 Å². The molecule has 2 rings (SSSR count). The standard InChI is InChI=1S/C18H20N2O4S/c1-9-4-5-12(8-10(9)2)15-11(3)25-18(16(15)17(19)24)20-13(21)6-7-14(22)23/h4-5,8H,6-7H2,1-3H3,(H2,19,24)(H,20,21)(H,22,23). The van der Waals surface area contributed by atoms with Crippen LogP contribution < -0.4 is 11.1 Å². The summed E-state index contributed by atoms with van der Waals surface area (Å²) in [7, 11) is 0. The molecule has 0 saturated carbocycles. The molecule has 0 aliphatic heterocycles. The number of rotatable bonds is 6. The van der Waals surface area contributed by atoms with Crippen molar-refractivity contribution >= 4 is 34.1 Å². The third kappa shape index (κ3) is 4.24. The smallest absolute Gasteiger partial charge is 0.303 e. The van der Waals surface area contributed by atoms with E-state index >= 15 is 0 Å². The lowest BCUT2D eigenvalue weighted by atomic mass is 9.97. The van der Waals surface area contributed by atoms with Gasteiger partial charge >= 0.3 is 5.97 Å². The van der Waals surface area contributed by atoms with Gasteiger partial charge in [-0.05, 0) is 37.5 Å². The third-order valence-electron chi connectivity index (χ3n) is 3.95. The molecular weight excluding hydrogens is 340 g/mol. The summed E-state index contributed by atoms with van der Waals surface area (Å²) in [5, 5.41) is 11.6. The Labute approximate surface area is 149 Å². The number of nitrogens with one attached hydrogen (secondary N) is 1. The topological polar surface area (TPSA) is 109 Å². The molecule has 132 valence electrons. The van der Waals surface area contributed by atoms with Crippen molar-refractivity contribution in [3.63, 3.8) is 0 Å². The van der Waals surface area contributed by atoms with E-state index in [1.807, 2.05) is 39.0 Å². The van der Waals surface area contributed by atoms with Gasteiger partial charge in [0.2, 0.25) is 5.91 Å². The summed E-state index contributed by atoms with van der Waals surface area (Å²) in [6.45, 7) is 5.84. The maximum Gasteiger partial charge on any atom is 0.303 e. The van der Waals surface area contributed by atoms with Crippen LogP contribution in [-0.2, 0) is 9.59 Å². The summed E-state index contributed by atoms with van der Waals surface area (Å²) < 4.78 is 0. The molecule has 0 saturated heterocycles. The van der Waals surface area contributed by atoms with E-state index in [9.17, 15) is 14.4 Å². The van der Waals surface area contributed by atoms with E-state index in [0.29, 0.717) is 10.6 Å². The zero-order valence-electron chi connectivity index (χ0n) is 14.3. The predicted octanol–water partition coefficient (Wildman–Crippen LogP) is 3.24. The molecule has 0 radical (unpaired) electrons. The normalized spacial score (nSPS) is 10.5. The first-order valence-corrected chi connectivity index (χ1v) is 8.54. The van der Waals surface area contributed by atoms with Gasteiger partial charge in [-0.2, -0.15) is 0 Å². The predicted molar refractivity (Wildman–Crippen MR) is 98.0 cm³/mol. The molecule has 7 heteroatoms. The molecule has 0 atom stereocenters. The van der Waals surface area contributed by atoms with Crippen molar-refractivity contribution in [2.75, 3.05) is 5.32 Å². The Morgan fingerprint density at radius 3 is 2.36 bits per heavy atom. The molecule has 2 aromatic rings. The summed E-state index contributed by atoms with van der Waals surface area (Å²) in [4.78, 5) is 35.4. The van der Waals surface area contributed by atoms with Crippen LogP contribution in [0.4, 0.5) is 5.00 Å². The monoisotopic (exact) mass is 360 g/mol. The number of aryl methyl sites for hydroxylation is 3. The van der Waals surface area contributed by atoms with Crippen LogP contribution in [-0.4, -0.2) is 22.9 Å². The Kier molecular flexibility index (Phi) is 5.58. The fourth-order valence-electron chi connectivity index (χ4n) is 2.52. The largest absolute Gasteiger partial charge is 0.481 e. The summed E-state index contributed by atoms with van der Waals surface area (Å²) >= 11 is 1.26. The number of carbonyl (C=O) groups is 3. The molecule has 1 aromatic carbocycles. The fourth-order valence-corrected chi connectivity index (χ4v) is 3.62. The average Bonchev–Trinajstić information content (AvgIpc) is 2.84. The van der Waals surface area contributed by atoms with Gasteiger partial charge in [0.05, 0.1) is 12.0 Å². The number of primary amides is 1. The highest BCUT2D eigenvalue weighted by atomic mass is 32.1. The number of thiophene rings is 1. The van der Waals surface area contributed by atoms with Crippen LogP contribution in [0.5, 0.6) is 0 Å². The number of amides is 2. The van der Waals surface area contributed by atoms with E-state index in [4.69, 9.17) is 10.8 Å². The van der Waals surface area contributed by atoms with Crippen LogP contribution in [0.1, 0.15) is 39.2 Å². The second-order valence-electron chi connectivity index (χ2n) is 5.84. The van der Waals surface area contributed by atoms with E-state index in [1.165, 1.54) is 11.3 Å². The van der Waals surface area contributed by atoms with Crippen molar-refractivity contribution in [2.45, 2.75) is 33.6 Å². The van der Waals surface area contributed by atoms with Crippen molar-refractivity contribution in [1.29, 1.82) is 0 Å². The molecule has 6 nitrogen and oxygen atoms in total. The Morgan fingerprint density at radius 1 is 1.12 bits per heavy atom. The molecule has 2 amide bonds. The molecule has 0 fully saturated rings. The number of aliphatic carboxylic acids is 1. The number of benzene rings is 1.